The topological polar surface area (TPSA) is 100 Å². The Kier molecular flexibility index (Phi) is 5.71. The quantitative estimate of drug-likeness (QED) is 0.564. The standard InChI is InChI=1S/C17H18N4O3.ClH/c1-10(2)8-21-9-19-14-15(17(23)24-13(22)7-18)20-12-6-4-3-5-11(12)16(14)21;/h3-6,9-10H,7-8,18H2,1-2H3;1H. The van der Waals surface area contributed by atoms with Crippen molar-refractivity contribution in [2.24, 2.45) is 11.7 Å². The summed E-state index contributed by atoms with van der Waals surface area (Å²) in [4.78, 5) is 32.3. The Balaban J connectivity index is 0.00000225. The van der Waals surface area contributed by atoms with Crippen molar-refractivity contribution in [3.8, 4) is 0 Å². The second-order valence-electron chi connectivity index (χ2n) is 5.93. The van der Waals surface area contributed by atoms with Gasteiger partial charge in [0, 0.05) is 11.9 Å². The Morgan fingerprint density at radius 3 is 2.68 bits per heavy atom. The lowest BCUT2D eigenvalue weighted by atomic mass is 10.1. The minimum Gasteiger partial charge on any atom is -0.387 e. The number of benzene rings is 1. The number of pyridine rings is 1. The maximum atomic E-state index is 12.3. The summed E-state index contributed by atoms with van der Waals surface area (Å²) in [7, 11) is 0. The number of hydrogen-bond donors (Lipinski definition) is 1. The minimum atomic E-state index is -0.837. The van der Waals surface area contributed by atoms with Crippen molar-refractivity contribution in [3.63, 3.8) is 0 Å². The number of aromatic nitrogens is 3. The third-order valence-electron chi connectivity index (χ3n) is 3.58. The van der Waals surface area contributed by atoms with Gasteiger partial charge in [-0.1, -0.05) is 32.0 Å². The Morgan fingerprint density at radius 2 is 2.00 bits per heavy atom. The zero-order valence-electron chi connectivity index (χ0n) is 13.9. The lowest BCUT2D eigenvalue weighted by Crippen LogP contribution is -2.21. The van der Waals surface area contributed by atoms with Crippen molar-refractivity contribution in [2.45, 2.75) is 20.4 Å². The smallest absolute Gasteiger partial charge is 0.366 e. The number of nitrogens with zero attached hydrogens (tertiary/aromatic N) is 3. The number of nitrogens with two attached hydrogens (primary N) is 1. The maximum Gasteiger partial charge on any atom is 0.366 e. The van der Waals surface area contributed by atoms with Crippen LogP contribution in [-0.2, 0) is 16.1 Å². The molecule has 2 aromatic heterocycles. The van der Waals surface area contributed by atoms with Gasteiger partial charge in [0.1, 0.15) is 5.52 Å². The number of carbonyl (C=O) groups excluding carboxylic acids is 2. The second kappa shape index (κ2) is 7.58. The first-order valence-electron chi connectivity index (χ1n) is 7.70. The van der Waals surface area contributed by atoms with Crippen LogP contribution in [0.2, 0.25) is 0 Å². The van der Waals surface area contributed by atoms with Crippen LogP contribution in [0.3, 0.4) is 0 Å². The molecule has 0 saturated carbocycles. The number of para-hydroxylation sites is 1. The molecule has 7 nitrogen and oxygen atoms in total. The van der Waals surface area contributed by atoms with Crippen LogP contribution in [0.25, 0.3) is 21.9 Å². The number of hydrogen-bond acceptors (Lipinski definition) is 6. The Labute approximate surface area is 150 Å². The predicted octanol–water partition coefficient (Wildman–Crippen LogP) is 2.30. The summed E-state index contributed by atoms with van der Waals surface area (Å²) < 4.78 is 6.71. The van der Waals surface area contributed by atoms with E-state index in [-0.39, 0.29) is 24.6 Å². The summed E-state index contributed by atoms with van der Waals surface area (Å²) in [5, 5.41) is 0.896. The van der Waals surface area contributed by atoms with E-state index in [1.807, 2.05) is 28.8 Å². The van der Waals surface area contributed by atoms with Crippen molar-refractivity contribution in [2.75, 3.05) is 6.54 Å². The first-order valence-corrected chi connectivity index (χ1v) is 7.70. The van der Waals surface area contributed by atoms with Gasteiger partial charge in [0.15, 0.2) is 5.69 Å². The molecule has 25 heavy (non-hydrogen) atoms. The third kappa shape index (κ3) is 3.62. The van der Waals surface area contributed by atoms with Gasteiger partial charge in [-0.2, -0.15) is 0 Å². The van der Waals surface area contributed by atoms with Crippen molar-refractivity contribution >= 4 is 46.3 Å². The molecule has 0 aliphatic rings. The van der Waals surface area contributed by atoms with Gasteiger partial charge in [-0.15, -0.1) is 12.4 Å². The zero-order chi connectivity index (χ0) is 17.3. The molecule has 2 heterocycles. The van der Waals surface area contributed by atoms with Crippen molar-refractivity contribution in [1.82, 2.24) is 14.5 Å². The fraction of sp³-hybridized carbons (Fsp3) is 0.294. The average molecular weight is 363 g/mol. The van der Waals surface area contributed by atoms with Crippen LogP contribution < -0.4 is 5.73 Å². The maximum absolute atomic E-state index is 12.3. The van der Waals surface area contributed by atoms with Crippen LogP contribution in [0, 0.1) is 5.92 Å². The number of imidazole rings is 1. The molecule has 2 N–H and O–H groups in total. The van der Waals surface area contributed by atoms with Crippen molar-refractivity contribution in [3.05, 3.63) is 36.3 Å². The monoisotopic (exact) mass is 362 g/mol. The number of esters is 2. The molecule has 0 unspecified atom stereocenters. The van der Waals surface area contributed by atoms with E-state index >= 15 is 0 Å². The minimum absolute atomic E-state index is 0. The summed E-state index contributed by atoms with van der Waals surface area (Å²) in [5.74, 6) is -1.23. The first kappa shape index (κ1) is 18.8. The molecule has 0 aliphatic carbocycles. The summed E-state index contributed by atoms with van der Waals surface area (Å²) in [5.41, 5.74) is 7.08. The summed E-state index contributed by atoms with van der Waals surface area (Å²) in [6, 6.07) is 7.49. The van der Waals surface area contributed by atoms with Crippen LogP contribution in [0.1, 0.15) is 24.3 Å². The molecule has 3 rings (SSSR count). The molecule has 0 fully saturated rings. The number of halogens is 1. The van der Waals surface area contributed by atoms with Gasteiger partial charge in [0.2, 0.25) is 0 Å². The molecular weight excluding hydrogens is 344 g/mol. The van der Waals surface area contributed by atoms with E-state index in [9.17, 15) is 9.59 Å². The van der Waals surface area contributed by atoms with Crippen LogP contribution in [0.4, 0.5) is 0 Å². The Bertz CT molecular complexity index is 936. The highest BCUT2D eigenvalue weighted by molar-refractivity contribution is 6.12. The van der Waals surface area contributed by atoms with Gasteiger partial charge < -0.3 is 15.0 Å². The normalized spacial score (nSPS) is 10.9. The number of rotatable bonds is 4. The van der Waals surface area contributed by atoms with E-state index in [0.717, 1.165) is 17.4 Å². The second-order valence-corrected chi connectivity index (χ2v) is 5.93. The molecule has 1 aromatic carbocycles. The Hall–Kier alpha value is -2.51. The SMILES string of the molecule is CC(C)Cn1cnc2c(C(=O)OC(=O)CN)nc3ccccc3c21.Cl. The molecule has 0 radical (unpaired) electrons. The van der Waals surface area contributed by atoms with Gasteiger partial charge in [0.25, 0.3) is 0 Å². The van der Waals surface area contributed by atoms with Gasteiger partial charge in [-0.05, 0) is 12.0 Å². The molecule has 0 bridgehead atoms. The van der Waals surface area contributed by atoms with Gasteiger partial charge >= 0.3 is 11.9 Å². The van der Waals surface area contributed by atoms with E-state index in [1.54, 1.807) is 6.33 Å². The van der Waals surface area contributed by atoms with E-state index in [1.165, 1.54) is 0 Å². The molecule has 3 aromatic rings. The van der Waals surface area contributed by atoms with E-state index in [0.29, 0.717) is 17.0 Å². The number of carbonyl (C=O) groups is 2. The zero-order valence-corrected chi connectivity index (χ0v) is 14.7. The predicted molar refractivity (Wildman–Crippen MR) is 96.6 cm³/mol. The average Bonchev–Trinajstić information content (AvgIpc) is 2.97. The molecule has 0 spiro atoms. The fourth-order valence-electron chi connectivity index (χ4n) is 2.65. The Morgan fingerprint density at radius 1 is 1.28 bits per heavy atom. The van der Waals surface area contributed by atoms with Crippen LogP contribution >= 0.6 is 12.4 Å². The van der Waals surface area contributed by atoms with Crippen LogP contribution in [0.5, 0.6) is 0 Å². The molecule has 8 heteroatoms. The van der Waals surface area contributed by atoms with E-state index < -0.39 is 11.9 Å². The molecule has 0 saturated heterocycles. The number of fused-ring (bicyclic) bond motifs is 3. The van der Waals surface area contributed by atoms with Crippen LogP contribution in [-0.4, -0.2) is 33.0 Å². The summed E-state index contributed by atoms with van der Waals surface area (Å²) in [6.45, 7) is 4.58. The van der Waals surface area contributed by atoms with Gasteiger partial charge in [-0.3, -0.25) is 4.79 Å². The lowest BCUT2D eigenvalue weighted by molar-refractivity contribution is -0.136. The summed E-state index contributed by atoms with van der Waals surface area (Å²) in [6.07, 6.45) is 1.68. The molecule has 0 atom stereocenters. The summed E-state index contributed by atoms with van der Waals surface area (Å²) >= 11 is 0. The van der Waals surface area contributed by atoms with E-state index in [2.05, 4.69) is 23.8 Å². The first-order chi connectivity index (χ1) is 11.5. The molecule has 0 amide bonds. The van der Waals surface area contributed by atoms with Crippen molar-refractivity contribution < 1.29 is 14.3 Å². The third-order valence-corrected chi connectivity index (χ3v) is 3.58. The fourth-order valence-corrected chi connectivity index (χ4v) is 2.65. The molecular formula is C17H19ClN4O3. The lowest BCUT2D eigenvalue weighted by Gasteiger charge is -2.10. The van der Waals surface area contributed by atoms with Gasteiger partial charge in [-0.25, -0.2) is 14.8 Å². The van der Waals surface area contributed by atoms with E-state index in [4.69, 9.17) is 10.5 Å². The van der Waals surface area contributed by atoms with Crippen molar-refractivity contribution in [1.29, 1.82) is 0 Å². The van der Waals surface area contributed by atoms with Gasteiger partial charge in [0.05, 0.1) is 23.9 Å². The molecule has 132 valence electrons. The highest BCUT2D eigenvalue weighted by Gasteiger charge is 2.22. The highest BCUT2D eigenvalue weighted by Crippen LogP contribution is 2.26. The number of ether oxygens (including phenoxy) is 1. The largest absolute Gasteiger partial charge is 0.387 e. The molecule has 0 aliphatic heterocycles. The highest BCUT2D eigenvalue weighted by atomic mass is 35.5. The van der Waals surface area contributed by atoms with Crippen LogP contribution in [0.15, 0.2) is 30.6 Å².